The Morgan fingerprint density at radius 1 is 0.429 bits per heavy atom. The Balaban J connectivity index is 1.56. The van der Waals surface area contributed by atoms with Crippen LogP contribution in [-0.2, 0) is 110 Å². The third-order valence-electron chi connectivity index (χ3n) is 19.6. The topological polar surface area (TPSA) is 668 Å². The van der Waals surface area contributed by atoms with Gasteiger partial charge in [0.05, 0.1) is 25.5 Å². The number of para-hydroxylation sites is 1. The fraction of sp³-hybridized carbons (Fsp3) is 0.482. The molecular weight excluding hydrogens is 1680 g/mol. The molecule has 5 rings (SSSR count). The van der Waals surface area contributed by atoms with Crippen LogP contribution in [0.1, 0.15) is 144 Å². The number of carbonyl (C=O) groups is 19. The van der Waals surface area contributed by atoms with Crippen LogP contribution in [0.15, 0.2) is 97.2 Å². The molecule has 0 unspecified atom stereocenters. The Bertz CT molecular complexity index is 4800. The number of nitrogens with two attached hydrogens (primary N) is 5. The smallest absolute Gasteiger partial charge is 0.245 e. The Labute approximate surface area is 737 Å². The highest BCUT2D eigenvalue weighted by atomic mass is 32.1. The first-order chi connectivity index (χ1) is 58.9. The highest BCUT2D eigenvalue weighted by Crippen LogP contribution is 2.25. The molecule has 26 N–H and O–H groups in total. The van der Waals surface area contributed by atoms with Gasteiger partial charge >= 0.3 is 0 Å². The number of fused-ring (bicyclic) bond motifs is 2. The van der Waals surface area contributed by atoms with E-state index in [1.54, 1.807) is 72.8 Å². The number of hydrogen-bond acceptors (Lipinski definition) is 23. The molecule has 0 aliphatic heterocycles. The van der Waals surface area contributed by atoms with E-state index < -0.39 is 233 Å². The molecule has 41 nitrogen and oxygen atoms in total. The van der Waals surface area contributed by atoms with Crippen LogP contribution in [0.4, 0.5) is 0 Å². The average molecular weight is 1790 g/mol. The summed E-state index contributed by atoms with van der Waals surface area (Å²) in [5, 5.41) is 48.6. The number of ether oxygens (including phenoxy) is 1. The summed E-state index contributed by atoms with van der Waals surface area (Å²) in [7, 11) is 0. The second-order valence-corrected chi connectivity index (χ2v) is 34.3. The van der Waals surface area contributed by atoms with E-state index >= 15 is 24.0 Å². The first kappa shape index (κ1) is 104. The number of H-pyrrole nitrogens is 1. The number of primary amides is 5. The number of thiol groups is 2. The number of unbranched alkanes of at least 4 members (excludes halogenated alkanes) is 1. The average Bonchev–Trinajstić information content (AvgIpc) is 1.06. The Kier molecular flexibility index (Phi) is 39.8. The summed E-state index contributed by atoms with van der Waals surface area (Å²) < 4.78 is 2.93. The van der Waals surface area contributed by atoms with Crippen LogP contribution >= 0.6 is 25.3 Å². The van der Waals surface area contributed by atoms with Crippen molar-refractivity contribution in [2.75, 3.05) is 19.7 Å². The van der Waals surface area contributed by atoms with Crippen LogP contribution in [0.5, 0.6) is 5.75 Å². The van der Waals surface area contributed by atoms with Crippen molar-refractivity contribution in [2.24, 2.45) is 28.7 Å². The lowest BCUT2D eigenvalue weighted by Gasteiger charge is -2.33. The number of amides is 19. The Morgan fingerprint density at radius 2 is 0.873 bits per heavy atom. The zero-order valence-corrected chi connectivity index (χ0v) is 73.5. The van der Waals surface area contributed by atoms with Gasteiger partial charge in [-0.25, -0.2) is 0 Å². The second-order valence-electron chi connectivity index (χ2n) is 32.0. The molecule has 686 valence electrons. The van der Waals surface area contributed by atoms with Crippen molar-refractivity contribution in [3.8, 4) is 5.75 Å². The van der Waals surface area contributed by atoms with Crippen molar-refractivity contribution in [3.63, 3.8) is 0 Å². The number of aliphatic hydroxyl groups is 1. The van der Waals surface area contributed by atoms with Gasteiger partial charge in [0, 0.05) is 86.0 Å². The summed E-state index contributed by atoms with van der Waals surface area (Å²) in [4.78, 5) is 262. The van der Waals surface area contributed by atoms with E-state index in [1.165, 1.54) is 73.7 Å². The first-order valence-corrected chi connectivity index (χ1v) is 41.2. The second kappa shape index (κ2) is 48.4. The summed E-state index contributed by atoms with van der Waals surface area (Å²) in [6.45, 7) is 13.5. The molecule has 0 saturated carbocycles. The van der Waals surface area contributed by atoms with Gasteiger partial charge in [-0.1, -0.05) is 72.8 Å². The van der Waals surface area contributed by atoms with E-state index in [9.17, 15) is 72.2 Å². The predicted molar refractivity (Wildman–Crippen MR) is 467 cm³/mol. The fourth-order valence-corrected chi connectivity index (χ4v) is 13.3. The Hall–Kier alpha value is -12.9. The van der Waals surface area contributed by atoms with Gasteiger partial charge < -0.3 is 118 Å². The van der Waals surface area contributed by atoms with E-state index in [0.29, 0.717) is 38.7 Å². The predicted octanol–water partition coefficient (Wildman–Crippen LogP) is -4.02. The fourth-order valence-electron chi connectivity index (χ4n) is 12.9. The van der Waals surface area contributed by atoms with E-state index in [4.69, 9.17) is 46.0 Å². The number of aliphatic hydroxyl groups excluding tert-OH is 1. The van der Waals surface area contributed by atoms with E-state index in [-0.39, 0.29) is 63.6 Å². The molecule has 0 saturated heterocycles. The number of benzene rings is 4. The van der Waals surface area contributed by atoms with Crippen LogP contribution in [-0.4, -0.2) is 230 Å². The molecule has 43 heteroatoms. The number of nitrogens with one attached hydrogen (secondary N) is 15. The number of aromatic amines is 1. The van der Waals surface area contributed by atoms with E-state index in [2.05, 4.69) is 92.0 Å². The molecular formula is C83H116N20O21S2. The summed E-state index contributed by atoms with van der Waals surface area (Å²) in [5.41, 5.74) is 26.9. The minimum absolute atomic E-state index is 0.0419. The van der Waals surface area contributed by atoms with Crippen molar-refractivity contribution in [1.82, 2.24) is 79.4 Å². The van der Waals surface area contributed by atoms with Gasteiger partial charge in [-0.15, -0.1) is 0 Å². The number of rotatable bonds is 52. The zero-order chi connectivity index (χ0) is 94.3. The molecule has 12 atom stereocenters. The number of carbonyl (C=O) groups excluding carboxylic acids is 19. The molecule has 19 amide bonds. The molecule has 0 aliphatic carbocycles. The molecule has 0 spiro atoms. The lowest BCUT2D eigenvalue weighted by atomic mass is 9.97. The molecule has 5 aromatic rings. The van der Waals surface area contributed by atoms with Gasteiger partial charge in [0.25, 0.3) is 0 Å². The quantitative estimate of drug-likeness (QED) is 0.0130. The molecule has 4 aromatic carbocycles. The van der Waals surface area contributed by atoms with Gasteiger partial charge in [0.1, 0.15) is 84.4 Å². The number of aromatic nitrogens is 1. The van der Waals surface area contributed by atoms with E-state index in [1.807, 2.05) is 6.07 Å². The minimum Gasteiger partial charge on any atom is -0.492 e. The molecule has 0 aliphatic rings. The monoisotopic (exact) mass is 1790 g/mol. The molecule has 1 aromatic heterocycles. The third kappa shape index (κ3) is 34.6. The van der Waals surface area contributed by atoms with Gasteiger partial charge in [-0.3, -0.25) is 91.1 Å². The van der Waals surface area contributed by atoms with Crippen molar-refractivity contribution in [2.45, 2.75) is 234 Å². The maximum atomic E-state index is 15.6. The molecule has 126 heavy (non-hydrogen) atoms. The number of hydrogen-bond donors (Lipinski definition) is 23. The van der Waals surface area contributed by atoms with Crippen molar-refractivity contribution >= 4 is 159 Å². The standard InChI is InChI=1S/C83H116N20O21S2/c1-42(104)66(101-71(114)55(28-30-62(84)108)94-78(121)67(82(7,8)125)92-45(4)107)77(120)98-60(38-50-41-91-53-20-14-13-19-52(50)53)74(117)93-56(29-31-63(85)109)72(115)102-68(83(9,10)126)79(122)99-58(36-46-23-26-51(27-24-46)124-34-33-90-44(3)106)73(116)96-59(37-47-22-25-48-17-11-12-18-49(48)35-47)76(119)103-81(5,6)80(123)100-54(21-15-16-32-89-43(2)105)70(113)97-61(40-65(87)111)75(118)95-57(69(88)112)39-64(86)110/h11-14,17-20,22-27,35,41-42,54-61,66-68,91,104,125-126H,15-16,21,28-34,36-40H2,1-10H3,(H2,84,108)(H2,85,109)(H2,86,110)(H2,87,111)(H2,88,112)(H,89,105)(H,90,106)(H,92,107)(H,93,117)(H,94,121)(H,95,118)(H,96,116)(H,97,113)(H,98,120)(H,99,122)(H,100,123)(H,101,114)(H,102,115)(H,103,119)/t42-,54+,55+,56+,57+,58+,59+,60+,61+,66+,67-,68-/m1/s1. The van der Waals surface area contributed by atoms with Gasteiger partial charge in [0.2, 0.25) is 112 Å². The zero-order valence-electron chi connectivity index (χ0n) is 71.7. The largest absolute Gasteiger partial charge is 0.492 e. The summed E-state index contributed by atoms with van der Waals surface area (Å²) >= 11 is 9.17. The van der Waals surface area contributed by atoms with Crippen LogP contribution in [0.3, 0.4) is 0 Å². The minimum atomic E-state index is -2.05. The van der Waals surface area contributed by atoms with Gasteiger partial charge in [0.15, 0.2) is 0 Å². The molecule has 1 heterocycles. The normalized spacial score (nSPS) is 14.3. The SMILES string of the molecule is CC(=O)NCCCC[C@H](NC(=O)C(C)(C)NC(=O)[C@H](Cc1ccc2ccccc2c1)NC(=O)[C@H](Cc1ccc(OCCNC(C)=O)cc1)NC(=O)[C@@H](NC(=O)[C@H](CCC(N)=O)NC(=O)[C@H](Cc1c[nH]c2ccccc12)NC(=O)[C@@H](NC(=O)[C@H](CCC(N)=O)NC(=O)[C@@H](NC(C)=O)C(C)(C)S)[C@@H](C)O)C(C)(C)S)C(=O)N[C@@H](CC(N)=O)C(=O)N[C@@H](CC(N)=O)C(N)=O. The lowest BCUT2D eigenvalue weighted by molar-refractivity contribution is -0.138. The highest BCUT2D eigenvalue weighted by molar-refractivity contribution is 7.82. The Morgan fingerprint density at radius 3 is 1.43 bits per heavy atom. The van der Waals surface area contributed by atoms with Crippen molar-refractivity contribution < 1.29 is 101 Å². The van der Waals surface area contributed by atoms with Crippen LogP contribution in [0, 0.1) is 0 Å². The first-order valence-electron chi connectivity index (χ1n) is 40.3. The third-order valence-corrected chi connectivity index (χ3v) is 20.2. The molecule has 0 bridgehead atoms. The van der Waals surface area contributed by atoms with Gasteiger partial charge in [-0.05, 0) is 126 Å². The summed E-state index contributed by atoms with van der Waals surface area (Å²) in [6.07, 6.45) is -4.97. The van der Waals surface area contributed by atoms with Crippen LogP contribution in [0.25, 0.3) is 21.7 Å². The van der Waals surface area contributed by atoms with Crippen LogP contribution in [0.2, 0.25) is 0 Å². The molecule has 0 radical (unpaired) electrons. The molecule has 0 fully saturated rings. The summed E-state index contributed by atoms with van der Waals surface area (Å²) in [5.74, 6) is -18.4. The lowest BCUT2D eigenvalue weighted by Crippen LogP contribution is -2.64. The van der Waals surface area contributed by atoms with Crippen molar-refractivity contribution in [1.29, 1.82) is 0 Å². The highest BCUT2D eigenvalue weighted by Gasteiger charge is 2.43. The maximum absolute atomic E-state index is 15.6. The maximum Gasteiger partial charge on any atom is 0.245 e. The van der Waals surface area contributed by atoms with Gasteiger partial charge in [-0.2, -0.15) is 25.3 Å². The van der Waals surface area contributed by atoms with Crippen LogP contribution < -0.4 is 108 Å². The van der Waals surface area contributed by atoms with Crippen molar-refractivity contribution in [3.05, 3.63) is 114 Å². The van der Waals surface area contributed by atoms with E-state index in [0.717, 1.165) is 19.2 Å². The summed E-state index contributed by atoms with van der Waals surface area (Å²) in [6, 6.07) is 6.39.